The molecular weight excluding hydrogens is 324 g/mol. The molecular formula is C20H36N6. The van der Waals surface area contributed by atoms with Crippen molar-refractivity contribution in [1.82, 2.24) is 25.0 Å². The highest BCUT2D eigenvalue weighted by Gasteiger charge is 2.21. The highest BCUT2D eigenvalue weighted by Crippen LogP contribution is 2.28. The van der Waals surface area contributed by atoms with Crippen LogP contribution in [0.5, 0.6) is 0 Å². The van der Waals surface area contributed by atoms with E-state index in [4.69, 9.17) is 0 Å². The van der Waals surface area contributed by atoms with Gasteiger partial charge in [0.15, 0.2) is 5.96 Å². The normalized spacial score (nSPS) is 24.0. The Morgan fingerprint density at radius 2 is 2.00 bits per heavy atom. The number of aromatic nitrogens is 3. The molecule has 0 aromatic carbocycles. The Hall–Kier alpha value is -1.59. The third-order valence-corrected chi connectivity index (χ3v) is 6.06. The van der Waals surface area contributed by atoms with Gasteiger partial charge in [0.2, 0.25) is 0 Å². The molecule has 1 aromatic heterocycles. The minimum Gasteiger partial charge on any atom is -0.356 e. The first-order chi connectivity index (χ1) is 12.7. The quantitative estimate of drug-likeness (QED) is 0.648. The van der Waals surface area contributed by atoms with Gasteiger partial charge in [0.1, 0.15) is 11.6 Å². The zero-order chi connectivity index (χ0) is 18.4. The molecule has 0 saturated heterocycles. The van der Waals surface area contributed by atoms with Crippen molar-refractivity contribution in [1.29, 1.82) is 0 Å². The summed E-state index contributed by atoms with van der Waals surface area (Å²) >= 11 is 0. The van der Waals surface area contributed by atoms with Crippen LogP contribution in [0, 0.1) is 11.8 Å². The Bertz CT molecular complexity index is 585. The smallest absolute Gasteiger partial charge is 0.193 e. The molecule has 1 aromatic rings. The fourth-order valence-electron chi connectivity index (χ4n) is 4.39. The summed E-state index contributed by atoms with van der Waals surface area (Å²) in [7, 11) is 4.04. The molecule has 0 radical (unpaired) electrons. The Morgan fingerprint density at radius 1 is 1.19 bits per heavy atom. The summed E-state index contributed by atoms with van der Waals surface area (Å²) < 4.78 is 2.34. The van der Waals surface area contributed by atoms with Crippen LogP contribution in [0.2, 0.25) is 0 Å². The molecule has 2 aliphatic rings. The number of nitrogens with zero attached hydrogens (tertiary/aromatic N) is 5. The number of hydrogen-bond donors (Lipinski definition) is 1. The van der Waals surface area contributed by atoms with Gasteiger partial charge in [-0.2, -0.15) is 0 Å². The van der Waals surface area contributed by atoms with Crippen LogP contribution in [0.4, 0.5) is 0 Å². The lowest BCUT2D eigenvalue weighted by atomic mass is 9.83. The summed E-state index contributed by atoms with van der Waals surface area (Å²) in [4.78, 5) is 6.77. The minimum atomic E-state index is 0.807. The SMILES string of the molecule is CN=C(NCCc1nnc2n1CCCCC2)N(C)CC1CCC(C)CC1. The van der Waals surface area contributed by atoms with Gasteiger partial charge in [-0.05, 0) is 37.5 Å². The fraction of sp³-hybridized carbons (Fsp3) is 0.850. The van der Waals surface area contributed by atoms with Crippen molar-refractivity contribution >= 4 is 5.96 Å². The number of hydrogen-bond acceptors (Lipinski definition) is 3. The van der Waals surface area contributed by atoms with Crippen molar-refractivity contribution in [3.63, 3.8) is 0 Å². The van der Waals surface area contributed by atoms with E-state index in [1.54, 1.807) is 0 Å². The summed E-state index contributed by atoms with van der Waals surface area (Å²) in [5.74, 6) is 5.01. The molecule has 1 fully saturated rings. The van der Waals surface area contributed by atoms with Crippen LogP contribution in [0.1, 0.15) is 63.5 Å². The van der Waals surface area contributed by atoms with Gasteiger partial charge in [-0.3, -0.25) is 4.99 Å². The van der Waals surface area contributed by atoms with Gasteiger partial charge in [0, 0.05) is 46.6 Å². The number of nitrogens with one attached hydrogen (secondary N) is 1. The molecule has 1 N–H and O–H groups in total. The van der Waals surface area contributed by atoms with E-state index < -0.39 is 0 Å². The fourth-order valence-corrected chi connectivity index (χ4v) is 4.39. The molecule has 1 saturated carbocycles. The number of fused-ring (bicyclic) bond motifs is 1. The predicted octanol–water partition coefficient (Wildman–Crippen LogP) is 2.88. The van der Waals surface area contributed by atoms with E-state index in [-0.39, 0.29) is 0 Å². The van der Waals surface area contributed by atoms with Crippen molar-refractivity contribution in [2.45, 2.75) is 71.3 Å². The lowest BCUT2D eigenvalue weighted by Gasteiger charge is -2.31. The summed E-state index contributed by atoms with van der Waals surface area (Å²) in [6.07, 6.45) is 11.2. The lowest BCUT2D eigenvalue weighted by molar-refractivity contribution is 0.250. The molecule has 0 unspecified atom stereocenters. The van der Waals surface area contributed by atoms with E-state index in [1.807, 2.05) is 7.05 Å². The second-order valence-electron chi connectivity index (χ2n) is 8.23. The Labute approximate surface area is 158 Å². The molecule has 2 heterocycles. The minimum absolute atomic E-state index is 0.807. The monoisotopic (exact) mass is 360 g/mol. The molecule has 0 amide bonds. The van der Waals surface area contributed by atoms with Crippen LogP contribution in [0.3, 0.4) is 0 Å². The number of guanidine groups is 1. The van der Waals surface area contributed by atoms with E-state index in [1.165, 1.54) is 50.8 Å². The standard InChI is InChI=1S/C20H36N6/c1-16-8-10-17(11-9-16)15-25(3)20(21-2)22-13-12-19-24-23-18-7-5-4-6-14-26(18)19/h16-17H,4-15H2,1-3H3,(H,21,22). The number of aliphatic imine (C=N–C) groups is 1. The van der Waals surface area contributed by atoms with Crippen molar-refractivity contribution in [3.8, 4) is 0 Å². The molecule has 6 nitrogen and oxygen atoms in total. The van der Waals surface area contributed by atoms with Crippen molar-refractivity contribution in [2.75, 3.05) is 27.2 Å². The van der Waals surface area contributed by atoms with Crippen LogP contribution in [-0.2, 0) is 19.4 Å². The molecule has 3 rings (SSSR count). The average molecular weight is 361 g/mol. The number of aryl methyl sites for hydroxylation is 1. The van der Waals surface area contributed by atoms with Crippen molar-refractivity contribution < 1.29 is 0 Å². The van der Waals surface area contributed by atoms with E-state index in [2.05, 4.69) is 43.9 Å². The van der Waals surface area contributed by atoms with Gasteiger partial charge < -0.3 is 14.8 Å². The Balaban J connectivity index is 1.46. The zero-order valence-electron chi connectivity index (χ0n) is 16.9. The second-order valence-corrected chi connectivity index (χ2v) is 8.23. The predicted molar refractivity (Wildman–Crippen MR) is 106 cm³/mol. The highest BCUT2D eigenvalue weighted by atomic mass is 15.3. The molecule has 0 spiro atoms. The third kappa shape index (κ3) is 4.98. The van der Waals surface area contributed by atoms with E-state index >= 15 is 0 Å². The number of rotatable bonds is 5. The Kier molecular flexibility index (Phi) is 6.92. The molecule has 0 atom stereocenters. The lowest BCUT2D eigenvalue weighted by Crippen LogP contribution is -2.42. The summed E-state index contributed by atoms with van der Waals surface area (Å²) in [6, 6.07) is 0. The Morgan fingerprint density at radius 3 is 2.77 bits per heavy atom. The molecule has 6 heteroatoms. The molecule has 146 valence electrons. The van der Waals surface area contributed by atoms with Gasteiger partial charge in [-0.1, -0.05) is 26.2 Å². The molecule has 0 bridgehead atoms. The van der Waals surface area contributed by atoms with E-state index in [0.717, 1.165) is 56.1 Å². The van der Waals surface area contributed by atoms with Gasteiger partial charge in [0.25, 0.3) is 0 Å². The van der Waals surface area contributed by atoms with Crippen molar-refractivity contribution in [3.05, 3.63) is 11.6 Å². The maximum atomic E-state index is 4.48. The first kappa shape index (κ1) is 19.2. The molecule has 26 heavy (non-hydrogen) atoms. The first-order valence-electron chi connectivity index (χ1n) is 10.5. The largest absolute Gasteiger partial charge is 0.356 e. The maximum absolute atomic E-state index is 4.48. The average Bonchev–Trinajstić information content (AvgIpc) is 2.87. The van der Waals surface area contributed by atoms with E-state index in [9.17, 15) is 0 Å². The van der Waals surface area contributed by atoms with Crippen LogP contribution in [-0.4, -0.2) is 52.8 Å². The summed E-state index contributed by atoms with van der Waals surface area (Å²) in [5, 5.41) is 12.3. The van der Waals surface area contributed by atoms with Crippen LogP contribution < -0.4 is 5.32 Å². The zero-order valence-corrected chi connectivity index (χ0v) is 16.9. The van der Waals surface area contributed by atoms with Gasteiger partial charge in [0.05, 0.1) is 0 Å². The summed E-state index contributed by atoms with van der Waals surface area (Å²) in [6.45, 7) is 5.42. The summed E-state index contributed by atoms with van der Waals surface area (Å²) in [5.41, 5.74) is 0. The van der Waals surface area contributed by atoms with Crippen LogP contribution in [0.25, 0.3) is 0 Å². The molecule has 1 aliphatic heterocycles. The van der Waals surface area contributed by atoms with Crippen LogP contribution >= 0.6 is 0 Å². The van der Waals surface area contributed by atoms with Gasteiger partial charge in [-0.15, -0.1) is 10.2 Å². The van der Waals surface area contributed by atoms with Gasteiger partial charge >= 0.3 is 0 Å². The maximum Gasteiger partial charge on any atom is 0.193 e. The first-order valence-corrected chi connectivity index (χ1v) is 10.5. The van der Waals surface area contributed by atoms with E-state index in [0.29, 0.717) is 0 Å². The highest BCUT2D eigenvalue weighted by molar-refractivity contribution is 5.79. The second kappa shape index (κ2) is 9.38. The topological polar surface area (TPSA) is 58.3 Å². The molecule has 1 aliphatic carbocycles. The van der Waals surface area contributed by atoms with Crippen molar-refractivity contribution in [2.24, 2.45) is 16.8 Å². The van der Waals surface area contributed by atoms with Crippen LogP contribution in [0.15, 0.2) is 4.99 Å². The van der Waals surface area contributed by atoms with Gasteiger partial charge in [-0.25, -0.2) is 0 Å². The third-order valence-electron chi connectivity index (χ3n) is 6.06.